The van der Waals surface area contributed by atoms with Crippen LogP contribution >= 0.6 is 0 Å². The number of para-hydroxylation sites is 2. The minimum absolute atomic E-state index is 0.337. The molecule has 6 heteroatoms. The molecule has 0 radical (unpaired) electrons. The van der Waals surface area contributed by atoms with E-state index in [0.29, 0.717) is 22.7 Å². The predicted octanol–water partition coefficient (Wildman–Crippen LogP) is 3.20. The first-order valence-corrected chi connectivity index (χ1v) is 7.75. The molecule has 0 fully saturated rings. The highest BCUT2D eigenvalue weighted by molar-refractivity contribution is 5.97. The maximum atomic E-state index is 12.4. The maximum Gasteiger partial charge on any atom is 0.337 e. The van der Waals surface area contributed by atoms with E-state index in [1.54, 1.807) is 43.3 Å². The van der Waals surface area contributed by atoms with Crippen molar-refractivity contribution in [2.24, 2.45) is 0 Å². The molecule has 132 valence electrons. The standard InChI is InChI=1S/C19H21NO5/c1-12-9-10-14(19(22)24-4)11-15(12)20-18(21)13(2)25-17-8-6-5-7-16(17)23-3/h5-11,13H,1-4H3,(H,20,21)/t13-/m0/s1. The van der Waals surface area contributed by atoms with E-state index in [2.05, 4.69) is 5.32 Å². The van der Waals surface area contributed by atoms with Gasteiger partial charge in [0.15, 0.2) is 17.6 Å². The lowest BCUT2D eigenvalue weighted by molar-refractivity contribution is -0.122. The highest BCUT2D eigenvalue weighted by Gasteiger charge is 2.18. The van der Waals surface area contributed by atoms with Crippen molar-refractivity contribution in [2.45, 2.75) is 20.0 Å². The third-order valence-corrected chi connectivity index (χ3v) is 3.66. The lowest BCUT2D eigenvalue weighted by atomic mass is 10.1. The van der Waals surface area contributed by atoms with Crippen molar-refractivity contribution in [2.75, 3.05) is 19.5 Å². The number of hydrogen-bond acceptors (Lipinski definition) is 5. The SMILES string of the molecule is COC(=O)c1ccc(C)c(NC(=O)[C@H](C)Oc2ccccc2OC)c1. The predicted molar refractivity (Wildman–Crippen MR) is 94.2 cm³/mol. The number of carbonyl (C=O) groups is 2. The molecule has 0 bridgehead atoms. The normalized spacial score (nSPS) is 11.4. The quantitative estimate of drug-likeness (QED) is 0.816. The number of carbonyl (C=O) groups excluding carboxylic acids is 2. The van der Waals surface area contributed by atoms with Gasteiger partial charge in [0.2, 0.25) is 0 Å². The Bertz CT molecular complexity index is 772. The van der Waals surface area contributed by atoms with Crippen LogP contribution in [0.25, 0.3) is 0 Å². The van der Waals surface area contributed by atoms with Crippen LogP contribution in [0.15, 0.2) is 42.5 Å². The zero-order valence-corrected chi connectivity index (χ0v) is 14.7. The smallest absolute Gasteiger partial charge is 0.337 e. The van der Waals surface area contributed by atoms with Gasteiger partial charge in [0.25, 0.3) is 5.91 Å². The lowest BCUT2D eigenvalue weighted by Crippen LogP contribution is -2.30. The fourth-order valence-electron chi connectivity index (χ4n) is 2.20. The number of hydrogen-bond donors (Lipinski definition) is 1. The molecule has 6 nitrogen and oxygen atoms in total. The molecule has 0 heterocycles. The third-order valence-electron chi connectivity index (χ3n) is 3.66. The van der Waals surface area contributed by atoms with Crippen LogP contribution in [-0.2, 0) is 9.53 Å². The van der Waals surface area contributed by atoms with Gasteiger partial charge in [-0.25, -0.2) is 4.79 Å². The van der Waals surface area contributed by atoms with Crippen molar-refractivity contribution < 1.29 is 23.8 Å². The number of rotatable bonds is 6. The molecule has 25 heavy (non-hydrogen) atoms. The average Bonchev–Trinajstić information content (AvgIpc) is 2.63. The number of benzene rings is 2. The number of nitrogens with one attached hydrogen (secondary N) is 1. The van der Waals surface area contributed by atoms with E-state index in [0.717, 1.165) is 5.56 Å². The number of ether oxygens (including phenoxy) is 3. The Balaban J connectivity index is 2.12. The van der Waals surface area contributed by atoms with Crippen molar-refractivity contribution in [3.05, 3.63) is 53.6 Å². The molecule has 0 aliphatic carbocycles. The minimum Gasteiger partial charge on any atom is -0.493 e. The Labute approximate surface area is 146 Å². The van der Waals surface area contributed by atoms with Crippen molar-refractivity contribution in [3.63, 3.8) is 0 Å². The number of amides is 1. The first-order chi connectivity index (χ1) is 12.0. The summed E-state index contributed by atoms with van der Waals surface area (Å²) in [5.41, 5.74) is 1.72. The molecular weight excluding hydrogens is 322 g/mol. The van der Waals surface area contributed by atoms with E-state index < -0.39 is 12.1 Å². The second kappa shape index (κ2) is 8.19. The first-order valence-electron chi connectivity index (χ1n) is 7.75. The first kappa shape index (κ1) is 18.3. The molecule has 1 N–H and O–H groups in total. The van der Waals surface area contributed by atoms with Crippen LogP contribution in [0, 0.1) is 6.92 Å². The molecule has 1 atom stereocenters. The van der Waals surface area contributed by atoms with E-state index in [1.165, 1.54) is 14.2 Å². The molecule has 2 aromatic carbocycles. The highest BCUT2D eigenvalue weighted by atomic mass is 16.5. The maximum absolute atomic E-state index is 12.4. The van der Waals surface area contributed by atoms with Crippen LogP contribution in [0.4, 0.5) is 5.69 Å². The van der Waals surface area contributed by atoms with E-state index in [1.807, 2.05) is 13.0 Å². The van der Waals surface area contributed by atoms with Crippen molar-refractivity contribution in [1.29, 1.82) is 0 Å². The molecule has 0 unspecified atom stereocenters. The van der Waals surface area contributed by atoms with Crippen molar-refractivity contribution in [3.8, 4) is 11.5 Å². The summed E-state index contributed by atoms with van der Waals surface area (Å²) in [5.74, 6) is 0.226. The number of anilines is 1. The Morgan fingerprint density at radius 3 is 2.36 bits per heavy atom. The summed E-state index contributed by atoms with van der Waals surface area (Å²) >= 11 is 0. The Morgan fingerprint density at radius 2 is 1.72 bits per heavy atom. The van der Waals surface area contributed by atoms with Crippen LogP contribution in [-0.4, -0.2) is 32.2 Å². The molecule has 1 amide bonds. The summed E-state index contributed by atoms with van der Waals surface area (Å²) in [7, 11) is 2.85. The minimum atomic E-state index is -0.752. The van der Waals surface area contributed by atoms with Crippen LogP contribution in [0.2, 0.25) is 0 Å². The van der Waals surface area contributed by atoms with Crippen molar-refractivity contribution in [1.82, 2.24) is 0 Å². The summed E-state index contributed by atoms with van der Waals surface area (Å²) in [6, 6.07) is 12.1. The number of aryl methyl sites for hydroxylation is 1. The summed E-state index contributed by atoms with van der Waals surface area (Å²) in [6.07, 6.45) is -0.752. The molecule has 0 aliphatic heterocycles. The number of methoxy groups -OCH3 is 2. The lowest BCUT2D eigenvalue weighted by Gasteiger charge is -2.17. The zero-order valence-electron chi connectivity index (χ0n) is 14.7. The van der Waals surface area contributed by atoms with E-state index in [9.17, 15) is 9.59 Å². The van der Waals surface area contributed by atoms with E-state index in [-0.39, 0.29) is 5.91 Å². The van der Waals surface area contributed by atoms with Gasteiger partial charge in [-0.3, -0.25) is 4.79 Å². The summed E-state index contributed by atoms with van der Waals surface area (Å²) in [5, 5.41) is 2.77. The second-order valence-electron chi connectivity index (χ2n) is 5.42. The summed E-state index contributed by atoms with van der Waals surface area (Å²) in [4.78, 5) is 24.1. The van der Waals surface area contributed by atoms with Gasteiger partial charge in [0.1, 0.15) is 0 Å². The Morgan fingerprint density at radius 1 is 1.04 bits per heavy atom. The molecular formula is C19H21NO5. The average molecular weight is 343 g/mol. The van der Waals surface area contributed by atoms with Crippen LogP contribution < -0.4 is 14.8 Å². The van der Waals surface area contributed by atoms with Crippen LogP contribution in [0.5, 0.6) is 11.5 Å². The molecule has 0 aliphatic rings. The van der Waals surface area contributed by atoms with E-state index >= 15 is 0 Å². The van der Waals surface area contributed by atoms with Gasteiger partial charge in [-0.2, -0.15) is 0 Å². The molecule has 0 saturated heterocycles. The van der Waals surface area contributed by atoms with Gasteiger partial charge in [-0.15, -0.1) is 0 Å². The second-order valence-corrected chi connectivity index (χ2v) is 5.42. The number of esters is 1. The topological polar surface area (TPSA) is 73.9 Å². The third kappa shape index (κ3) is 4.50. The molecule has 0 spiro atoms. The highest BCUT2D eigenvalue weighted by Crippen LogP contribution is 2.27. The van der Waals surface area contributed by atoms with Gasteiger partial charge in [0.05, 0.1) is 19.8 Å². The molecule has 0 aromatic heterocycles. The summed E-state index contributed by atoms with van der Waals surface area (Å²) < 4.78 is 15.6. The fourth-order valence-corrected chi connectivity index (χ4v) is 2.20. The van der Waals surface area contributed by atoms with Gasteiger partial charge in [-0.05, 0) is 43.7 Å². The fraction of sp³-hybridized carbons (Fsp3) is 0.263. The van der Waals surface area contributed by atoms with Crippen molar-refractivity contribution >= 4 is 17.6 Å². The Hall–Kier alpha value is -3.02. The largest absolute Gasteiger partial charge is 0.493 e. The zero-order chi connectivity index (χ0) is 18.4. The molecule has 2 rings (SSSR count). The van der Waals surface area contributed by atoms with Gasteiger partial charge < -0.3 is 19.5 Å². The molecule has 2 aromatic rings. The van der Waals surface area contributed by atoms with Crippen LogP contribution in [0.1, 0.15) is 22.8 Å². The van der Waals surface area contributed by atoms with Gasteiger partial charge in [0, 0.05) is 5.69 Å². The van der Waals surface area contributed by atoms with E-state index in [4.69, 9.17) is 14.2 Å². The van der Waals surface area contributed by atoms with Gasteiger partial charge >= 0.3 is 5.97 Å². The molecule has 0 saturated carbocycles. The summed E-state index contributed by atoms with van der Waals surface area (Å²) in [6.45, 7) is 3.48. The monoisotopic (exact) mass is 343 g/mol. The van der Waals surface area contributed by atoms with Gasteiger partial charge in [-0.1, -0.05) is 18.2 Å². The van der Waals surface area contributed by atoms with Crippen LogP contribution in [0.3, 0.4) is 0 Å². The Kier molecular flexibility index (Phi) is 6.00.